The molecule has 0 fully saturated rings. The number of fused-ring (bicyclic) bond motifs is 1. The van der Waals surface area contributed by atoms with Crippen LogP contribution in [0, 0.1) is 11.6 Å². The zero-order valence-corrected chi connectivity index (χ0v) is 21.3. The summed E-state index contributed by atoms with van der Waals surface area (Å²) >= 11 is 3.20. The van der Waals surface area contributed by atoms with Crippen molar-refractivity contribution < 1.29 is 35.5 Å². The topological polar surface area (TPSA) is 77.1 Å². The fourth-order valence-electron chi connectivity index (χ4n) is 3.76. The summed E-state index contributed by atoms with van der Waals surface area (Å²) in [5, 5.41) is 10.2. The van der Waals surface area contributed by atoms with Crippen LogP contribution >= 0.6 is 15.9 Å². The molecule has 0 atom stereocenters. The average Bonchev–Trinajstić information content (AvgIpc) is 3.47. The molecule has 0 saturated carbocycles. The van der Waals surface area contributed by atoms with E-state index in [0.717, 1.165) is 30.3 Å². The molecule has 40 heavy (non-hydrogen) atoms. The summed E-state index contributed by atoms with van der Waals surface area (Å²) < 4.78 is 98.2. The Morgan fingerprint density at radius 1 is 0.950 bits per heavy atom. The molecule has 0 aliphatic heterocycles. The van der Waals surface area contributed by atoms with E-state index in [9.17, 15) is 35.5 Å². The van der Waals surface area contributed by atoms with E-state index in [1.807, 2.05) is 0 Å². The molecule has 0 radical (unpaired) electrons. The van der Waals surface area contributed by atoms with E-state index in [2.05, 4.69) is 36.4 Å². The van der Waals surface area contributed by atoms with Gasteiger partial charge in [-0.05, 0) is 52.3 Å². The maximum atomic E-state index is 14.6. The highest BCUT2D eigenvalue weighted by Gasteiger charge is 2.60. The fraction of sp³-hybridized carbons (Fsp3) is 0.120. The van der Waals surface area contributed by atoms with E-state index >= 15 is 0 Å². The number of halogens is 8. The third-order valence-electron chi connectivity index (χ3n) is 5.72. The number of alkyl halides is 5. The number of carbonyl (C=O) groups is 1. The summed E-state index contributed by atoms with van der Waals surface area (Å²) in [5.74, 6) is -7.54. The lowest BCUT2D eigenvalue weighted by atomic mass is 10.1. The first-order chi connectivity index (χ1) is 18.8. The molecule has 15 heteroatoms. The number of anilines is 1. The van der Waals surface area contributed by atoms with Gasteiger partial charge in [0.05, 0.1) is 16.7 Å². The molecule has 0 aliphatic rings. The number of hydrogen-bond acceptors (Lipinski definition) is 4. The van der Waals surface area contributed by atoms with E-state index in [0.29, 0.717) is 11.6 Å². The molecule has 0 spiro atoms. The molecular weight excluding hydrogens is 613 g/mol. The van der Waals surface area contributed by atoms with Crippen LogP contribution in [0.2, 0.25) is 0 Å². The second-order valence-electron chi connectivity index (χ2n) is 8.47. The lowest BCUT2D eigenvalue weighted by molar-refractivity contribution is -0.291. The molecule has 5 rings (SSSR count). The van der Waals surface area contributed by atoms with Gasteiger partial charge in [0, 0.05) is 23.4 Å². The number of hydrogen-bond donors (Lipinski definition) is 1. The predicted molar refractivity (Wildman–Crippen MR) is 132 cm³/mol. The van der Waals surface area contributed by atoms with Gasteiger partial charge >= 0.3 is 12.1 Å². The van der Waals surface area contributed by atoms with Crippen LogP contribution in [-0.4, -0.2) is 36.5 Å². The zero-order chi connectivity index (χ0) is 28.8. The van der Waals surface area contributed by atoms with Crippen molar-refractivity contribution in [2.24, 2.45) is 0 Å². The molecule has 0 aliphatic carbocycles. The van der Waals surface area contributed by atoms with Gasteiger partial charge in [0.25, 0.3) is 5.91 Å². The minimum atomic E-state index is -5.99. The van der Waals surface area contributed by atoms with Crippen molar-refractivity contribution >= 4 is 33.3 Å². The Labute approximate surface area is 228 Å². The van der Waals surface area contributed by atoms with Gasteiger partial charge in [0.1, 0.15) is 17.3 Å². The molecule has 0 unspecified atom stereocenters. The van der Waals surface area contributed by atoms with Crippen LogP contribution in [0.15, 0.2) is 71.3 Å². The van der Waals surface area contributed by atoms with Crippen molar-refractivity contribution in [2.75, 3.05) is 5.32 Å². The van der Waals surface area contributed by atoms with E-state index in [1.54, 1.807) is 12.1 Å². The quantitative estimate of drug-likeness (QED) is 0.216. The van der Waals surface area contributed by atoms with Crippen LogP contribution in [0.5, 0.6) is 0 Å². The maximum absolute atomic E-state index is 14.6. The molecule has 206 valence electrons. The number of rotatable bonds is 6. The SMILES string of the molecule is O=C(Nc1nn(Cc2ccccc2F)cc1Br)c1cc2nc(-c3ccc(F)cc3)cc(C(F)(F)C(F)(F)F)n2n1. The summed E-state index contributed by atoms with van der Waals surface area (Å²) in [4.78, 5) is 17.0. The van der Waals surface area contributed by atoms with Crippen molar-refractivity contribution in [3.63, 3.8) is 0 Å². The Bertz CT molecular complexity index is 1730. The van der Waals surface area contributed by atoms with Crippen LogP contribution in [0.3, 0.4) is 0 Å². The number of benzene rings is 2. The molecular formula is C25H14BrF7N6O. The smallest absolute Gasteiger partial charge is 0.303 e. The predicted octanol–water partition coefficient (Wildman–Crippen LogP) is 6.59. The standard InChI is InChI=1S/C25H14BrF7N6O/c26-16-12-38(11-14-3-1-2-4-17(14)28)37-22(16)35-23(40)19-10-21-34-18(13-5-7-15(27)8-6-13)9-20(39(21)36-19)24(29,30)25(31,32)33/h1-10,12H,11H2,(H,35,37,40). The van der Waals surface area contributed by atoms with Crippen molar-refractivity contribution in [1.82, 2.24) is 24.4 Å². The molecule has 3 aromatic heterocycles. The van der Waals surface area contributed by atoms with E-state index < -0.39 is 46.7 Å². The maximum Gasteiger partial charge on any atom is 0.459 e. The summed E-state index contributed by atoms with van der Waals surface area (Å²) in [6.45, 7) is 0.0154. The number of nitrogens with one attached hydrogen (secondary N) is 1. The highest BCUT2D eigenvalue weighted by atomic mass is 79.9. The molecule has 1 amide bonds. The molecule has 2 aromatic carbocycles. The van der Waals surface area contributed by atoms with Crippen LogP contribution in [-0.2, 0) is 12.5 Å². The molecule has 5 aromatic rings. The van der Waals surface area contributed by atoms with Gasteiger partial charge in [-0.3, -0.25) is 9.48 Å². The molecule has 1 N–H and O–H groups in total. The third kappa shape index (κ3) is 5.15. The minimum absolute atomic E-state index is 0.0154. The van der Waals surface area contributed by atoms with Crippen molar-refractivity contribution in [1.29, 1.82) is 0 Å². The second kappa shape index (κ2) is 10.0. The lowest BCUT2D eigenvalue weighted by Crippen LogP contribution is -2.36. The highest BCUT2D eigenvalue weighted by Crippen LogP contribution is 2.44. The zero-order valence-electron chi connectivity index (χ0n) is 19.7. The van der Waals surface area contributed by atoms with Gasteiger partial charge in [-0.1, -0.05) is 18.2 Å². The van der Waals surface area contributed by atoms with Crippen LogP contribution in [0.1, 0.15) is 21.7 Å². The van der Waals surface area contributed by atoms with Crippen LogP contribution < -0.4 is 5.32 Å². The third-order valence-corrected chi connectivity index (χ3v) is 6.30. The Morgan fingerprint density at radius 2 is 1.65 bits per heavy atom. The molecule has 7 nitrogen and oxygen atoms in total. The highest BCUT2D eigenvalue weighted by molar-refractivity contribution is 9.10. The number of carbonyl (C=O) groups excluding carboxylic acids is 1. The number of nitrogens with zero attached hydrogens (tertiary/aromatic N) is 5. The van der Waals surface area contributed by atoms with Gasteiger partial charge in [-0.2, -0.15) is 32.1 Å². The van der Waals surface area contributed by atoms with Crippen LogP contribution in [0.4, 0.5) is 36.6 Å². The lowest BCUT2D eigenvalue weighted by Gasteiger charge is -2.21. The fourth-order valence-corrected chi connectivity index (χ4v) is 4.17. The Morgan fingerprint density at radius 3 is 2.33 bits per heavy atom. The van der Waals surface area contributed by atoms with Gasteiger partial charge in [-0.15, -0.1) is 0 Å². The molecule has 0 bridgehead atoms. The first-order valence-corrected chi connectivity index (χ1v) is 12.0. The summed E-state index contributed by atoms with van der Waals surface area (Å²) in [6, 6.07) is 11.6. The van der Waals surface area contributed by atoms with E-state index in [4.69, 9.17) is 0 Å². The van der Waals surface area contributed by atoms with Gasteiger partial charge < -0.3 is 5.32 Å². The molecule has 0 saturated heterocycles. The summed E-state index contributed by atoms with van der Waals surface area (Å²) in [6.07, 6.45) is -4.55. The minimum Gasteiger partial charge on any atom is -0.303 e. The Kier molecular flexibility index (Phi) is 6.85. The number of amides is 1. The average molecular weight is 627 g/mol. The van der Waals surface area contributed by atoms with Crippen molar-refractivity contribution in [2.45, 2.75) is 18.6 Å². The van der Waals surface area contributed by atoms with Crippen molar-refractivity contribution in [3.8, 4) is 11.3 Å². The first kappa shape index (κ1) is 27.3. The monoisotopic (exact) mass is 626 g/mol. The summed E-state index contributed by atoms with van der Waals surface area (Å²) in [7, 11) is 0. The largest absolute Gasteiger partial charge is 0.459 e. The Balaban J connectivity index is 1.51. The van der Waals surface area contributed by atoms with E-state index in [-0.39, 0.29) is 32.6 Å². The van der Waals surface area contributed by atoms with Gasteiger partial charge in [-0.25, -0.2) is 18.3 Å². The Hall–Kier alpha value is -4.27. The second-order valence-corrected chi connectivity index (χ2v) is 9.33. The van der Waals surface area contributed by atoms with Crippen molar-refractivity contribution in [3.05, 3.63) is 99.9 Å². The molecule has 3 heterocycles. The normalized spacial score (nSPS) is 12.2. The van der Waals surface area contributed by atoms with Gasteiger partial charge in [0.2, 0.25) is 0 Å². The summed E-state index contributed by atoms with van der Waals surface area (Å²) in [5.41, 5.74) is -2.59. The van der Waals surface area contributed by atoms with Gasteiger partial charge in [0.15, 0.2) is 17.2 Å². The first-order valence-electron chi connectivity index (χ1n) is 11.2. The van der Waals surface area contributed by atoms with E-state index in [1.165, 1.54) is 23.0 Å². The number of aromatic nitrogens is 5. The van der Waals surface area contributed by atoms with Crippen LogP contribution in [0.25, 0.3) is 16.9 Å².